The number of nitrogens with zero attached hydrogens (tertiary/aromatic N) is 3. The lowest BCUT2D eigenvalue weighted by Gasteiger charge is -2.03. The third-order valence-corrected chi connectivity index (χ3v) is 0.989. The van der Waals surface area contributed by atoms with Crippen molar-refractivity contribution in [2.45, 2.75) is 6.92 Å². The SMILES string of the molecule is CC(C=NN(C)C)C[N+](=O)[O-]. The maximum Gasteiger partial charge on any atom is 0.211 e. The molecule has 0 rings (SSSR count). The van der Waals surface area contributed by atoms with Crippen LogP contribution in [-0.2, 0) is 0 Å². The van der Waals surface area contributed by atoms with Crippen molar-refractivity contribution in [3.63, 3.8) is 0 Å². The topological polar surface area (TPSA) is 58.7 Å². The predicted molar refractivity (Wildman–Crippen MR) is 43.2 cm³/mol. The van der Waals surface area contributed by atoms with Gasteiger partial charge in [0.2, 0.25) is 6.54 Å². The minimum absolute atomic E-state index is 0.0582. The van der Waals surface area contributed by atoms with Crippen LogP contribution in [0.2, 0.25) is 0 Å². The lowest BCUT2D eigenvalue weighted by Crippen LogP contribution is -2.14. The van der Waals surface area contributed by atoms with E-state index in [2.05, 4.69) is 5.10 Å². The van der Waals surface area contributed by atoms with E-state index in [1.54, 1.807) is 32.2 Å². The molecule has 1 atom stereocenters. The van der Waals surface area contributed by atoms with E-state index in [-0.39, 0.29) is 17.4 Å². The minimum Gasteiger partial charge on any atom is -0.303 e. The molecule has 11 heavy (non-hydrogen) atoms. The van der Waals surface area contributed by atoms with E-state index in [4.69, 9.17) is 0 Å². The highest BCUT2D eigenvalue weighted by Crippen LogP contribution is 1.90. The molecule has 0 radical (unpaired) electrons. The number of rotatable bonds is 4. The van der Waals surface area contributed by atoms with Gasteiger partial charge in [-0.1, -0.05) is 6.92 Å². The average Bonchev–Trinajstić information content (AvgIpc) is 1.82. The van der Waals surface area contributed by atoms with Crippen molar-refractivity contribution in [1.82, 2.24) is 5.01 Å². The van der Waals surface area contributed by atoms with Gasteiger partial charge in [-0.2, -0.15) is 5.10 Å². The third-order valence-electron chi connectivity index (χ3n) is 0.989. The standard InChI is InChI=1S/C6H13N3O2/c1-6(5-9(10)11)4-7-8(2)3/h4,6H,5H2,1-3H3. The van der Waals surface area contributed by atoms with Crippen LogP contribution in [0.4, 0.5) is 0 Å². The lowest BCUT2D eigenvalue weighted by molar-refractivity contribution is -0.483. The summed E-state index contributed by atoms with van der Waals surface area (Å²) in [6.45, 7) is 1.70. The molecule has 0 fully saturated rings. The van der Waals surface area contributed by atoms with Crippen LogP contribution >= 0.6 is 0 Å². The Hall–Kier alpha value is -1.13. The molecule has 0 aromatic carbocycles. The van der Waals surface area contributed by atoms with Gasteiger partial charge in [-0.15, -0.1) is 0 Å². The van der Waals surface area contributed by atoms with Gasteiger partial charge in [-0.3, -0.25) is 10.1 Å². The quantitative estimate of drug-likeness (QED) is 0.340. The molecule has 5 heteroatoms. The fourth-order valence-electron chi connectivity index (χ4n) is 0.529. The number of nitro groups is 1. The van der Waals surface area contributed by atoms with Crippen LogP contribution in [0.15, 0.2) is 5.10 Å². The number of hydrogen-bond acceptors (Lipinski definition) is 4. The van der Waals surface area contributed by atoms with Crippen LogP contribution in [0.5, 0.6) is 0 Å². The van der Waals surface area contributed by atoms with Gasteiger partial charge in [-0.05, 0) is 0 Å². The molecule has 0 saturated heterocycles. The Morgan fingerprint density at radius 3 is 2.64 bits per heavy atom. The Bertz CT molecular complexity index is 156. The van der Waals surface area contributed by atoms with E-state index in [1.165, 1.54) is 0 Å². The minimum atomic E-state index is -0.341. The third kappa shape index (κ3) is 6.76. The van der Waals surface area contributed by atoms with Crippen LogP contribution in [0, 0.1) is 16.0 Å². The molecule has 0 aliphatic heterocycles. The van der Waals surface area contributed by atoms with Crippen LogP contribution < -0.4 is 0 Å². The van der Waals surface area contributed by atoms with Gasteiger partial charge in [0.15, 0.2) is 0 Å². The van der Waals surface area contributed by atoms with E-state index < -0.39 is 0 Å². The Balaban J connectivity index is 3.68. The van der Waals surface area contributed by atoms with Gasteiger partial charge in [-0.25, -0.2) is 0 Å². The van der Waals surface area contributed by atoms with Gasteiger partial charge in [0.1, 0.15) is 0 Å². The molecule has 0 aliphatic rings. The first-order valence-corrected chi connectivity index (χ1v) is 3.35. The van der Waals surface area contributed by atoms with Crippen molar-refractivity contribution in [3.8, 4) is 0 Å². The predicted octanol–water partition coefficient (Wildman–Crippen LogP) is 0.447. The first-order chi connectivity index (χ1) is 5.02. The molecule has 0 spiro atoms. The second-order valence-corrected chi connectivity index (χ2v) is 2.60. The second kappa shape index (κ2) is 4.65. The maximum atomic E-state index is 9.98. The Kier molecular flexibility index (Phi) is 4.17. The highest BCUT2D eigenvalue weighted by atomic mass is 16.6. The first kappa shape index (κ1) is 9.87. The fraction of sp³-hybridized carbons (Fsp3) is 0.833. The van der Waals surface area contributed by atoms with Crippen LogP contribution in [0.25, 0.3) is 0 Å². The molecule has 0 saturated carbocycles. The summed E-state index contributed by atoms with van der Waals surface area (Å²) in [5, 5.41) is 15.5. The monoisotopic (exact) mass is 159 g/mol. The highest BCUT2D eigenvalue weighted by Gasteiger charge is 2.05. The summed E-state index contributed by atoms with van der Waals surface area (Å²) in [5.41, 5.74) is 0. The maximum absolute atomic E-state index is 9.98. The largest absolute Gasteiger partial charge is 0.303 e. The molecule has 0 N–H and O–H groups in total. The molecule has 0 aromatic heterocycles. The molecule has 0 aromatic rings. The second-order valence-electron chi connectivity index (χ2n) is 2.60. The van der Waals surface area contributed by atoms with Gasteiger partial charge in [0.25, 0.3) is 0 Å². The zero-order valence-electron chi connectivity index (χ0n) is 7.02. The molecule has 0 amide bonds. The van der Waals surface area contributed by atoms with Crippen molar-refractivity contribution in [2.75, 3.05) is 20.6 Å². The molecular formula is C6H13N3O2. The molecule has 1 unspecified atom stereocenters. The van der Waals surface area contributed by atoms with Crippen LogP contribution in [0.1, 0.15) is 6.92 Å². The van der Waals surface area contributed by atoms with Gasteiger partial charge in [0.05, 0.1) is 5.92 Å². The average molecular weight is 159 g/mol. The van der Waals surface area contributed by atoms with E-state index >= 15 is 0 Å². The molecule has 0 aliphatic carbocycles. The molecule has 5 nitrogen and oxygen atoms in total. The van der Waals surface area contributed by atoms with E-state index in [9.17, 15) is 10.1 Å². The van der Waals surface area contributed by atoms with E-state index in [0.29, 0.717) is 0 Å². The van der Waals surface area contributed by atoms with E-state index in [1.807, 2.05) is 0 Å². The molecule has 64 valence electrons. The van der Waals surface area contributed by atoms with Crippen molar-refractivity contribution in [3.05, 3.63) is 10.1 Å². The summed E-state index contributed by atoms with van der Waals surface area (Å²) >= 11 is 0. The molecular weight excluding hydrogens is 146 g/mol. The molecule has 0 bridgehead atoms. The number of hydrogen-bond donors (Lipinski definition) is 0. The Morgan fingerprint density at radius 1 is 1.73 bits per heavy atom. The van der Waals surface area contributed by atoms with Crippen molar-refractivity contribution < 1.29 is 4.92 Å². The van der Waals surface area contributed by atoms with Gasteiger partial charge < -0.3 is 5.01 Å². The Labute approximate surface area is 65.8 Å². The van der Waals surface area contributed by atoms with Crippen molar-refractivity contribution in [1.29, 1.82) is 0 Å². The van der Waals surface area contributed by atoms with Gasteiger partial charge in [0, 0.05) is 25.2 Å². The number of hydrazone groups is 1. The highest BCUT2D eigenvalue weighted by molar-refractivity contribution is 5.59. The molecule has 0 heterocycles. The summed E-state index contributed by atoms with van der Waals surface area (Å²) in [6.07, 6.45) is 1.57. The van der Waals surface area contributed by atoms with Crippen molar-refractivity contribution in [2.24, 2.45) is 11.0 Å². The normalized spacial score (nSPS) is 13.4. The fourth-order valence-corrected chi connectivity index (χ4v) is 0.529. The summed E-state index contributed by atoms with van der Waals surface area (Å²) in [6, 6.07) is 0. The first-order valence-electron chi connectivity index (χ1n) is 3.35. The van der Waals surface area contributed by atoms with E-state index in [0.717, 1.165) is 0 Å². The van der Waals surface area contributed by atoms with Crippen LogP contribution in [-0.4, -0.2) is 36.8 Å². The smallest absolute Gasteiger partial charge is 0.211 e. The lowest BCUT2D eigenvalue weighted by atomic mass is 10.2. The van der Waals surface area contributed by atoms with Gasteiger partial charge >= 0.3 is 0 Å². The summed E-state index contributed by atoms with van der Waals surface area (Å²) in [4.78, 5) is 9.64. The zero-order chi connectivity index (χ0) is 8.85. The zero-order valence-corrected chi connectivity index (χ0v) is 7.02. The van der Waals surface area contributed by atoms with Crippen LogP contribution in [0.3, 0.4) is 0 Å². The van der Waals surface area contributed by atoms with Crippen molar-refractivity contribution >= 4 is 6.21 Å². The summed E-state index contributed by atoms with van der Waals surface area (Å²) in [5.74, 6) is -0.104. The summed E-state index contributed by atoms with van der Waals surface area (Å²) < 4.78 is 0. The summed E-state index contributed by atoms with van der Waals surface area (Å²) in [7, 11) is 3.55. The Morgan fingerprint density at radius 2 is 2.27 bits per heavy atom.